The van der Waals surface area contributed by atoms with Crippen LogP contribution in [0.4, 0.5) is 15.8 Å². The van der Waals surface area contributed by atoms with E-state index >= 15 is 0 Å². The minimum atomic E-state index is -0.195. The molecular weight excluding hydrogens is 227 g/mol. The number of fused-ring (bicyclic) bond motifs is 1. The van der Waals surface area contributed by atoms with E-state index in [0.29, 0.717) is 0 Å². The molecule has 0 atom stereocenters. The molecular formula is C15H15FN2. The topological polar surface area (TPSA) is 29.3 Å². The number of hydrogen-bond donors (Lipinski definition) is 1. The van der Waals surface area contributed by atoms with E-state index in [0.717, 1.165) is 30.0 Å². The van der Waals surface area contributed by atoms with Crippen LogP contribution in [0.25, 0.3) is 0 Å². The van der Waals surface area contributed by atoms with E-state index in [-0.39, 0.29) is 5.82 Å². The average Bonchev–Trinajstić information content (AvgIpc) is 2.77. The van der Waals surface area contributed by atoms with Crippen molar-refractivity contribution in [1.29, 1.82) is 0 Å². The first-order valence-electron chi connectivity index (χ1n) is 6.02. The summed E-state index contributed by atoms with van der Waals surface area (Å²) >= 11 is 0. The van der Waals surface area contributed by atoms with E-state index < -0.39 is 0 Å². The maximum atomic E-state index is 13.4. The van der Waals surface area contributed by atoms with Crippen LogP contribution in [0.5, 0.6) is 0 Å². The Morgan fingerprint density at radius 1 is 1.17 bits per heavy atom. The summed E-state index contributed by atoms with van der Waals surface area (Å²) in [5, 5.41) is 0. The number of nitrogens with two attached hydrogens (primary N) is 1. The molecule has 2 N–H and O–H groups in total. The van der Waals surface area contributed by atoms with E-state index in [1.54, 1.807) is 6.07 Å². The van der Waals surface area contributed by atoms with Crippen molar-refractivity contribution in [2.24, 2.45) is 0 Å². The normalized spacial score (nSPS) is 13.8. The number of aryl methyl sites for hydroxylation is 1. The second-order valence-electron chi connectivity index (χ2n) is 4.77. The third kappa shape index (κ3) is 1.72. The Balaban J connectivity index is 1.99. The zero-order chi connectivity index (χ0) is 12.7. The summed E-state index contributed by atoms with van der Waals surface area (Å²) in [5.74, 6) is -0.195. The number of rotatable bonds is 1. The molecule has 2 aromatic rings. The first kappa shape index (κ1) is 11.1. The van der Waals surface area contributed by atoms with Crippen molar-refractivity contribution in [3.05, 3.63) is 58.9 Å². The first-order chi connectivity index (χ1) is 8.65. The van der Waals surface area contributed by atoms with E-state index in [1.807, 2.05) is 25.1 Å². The summed E-state index contributed by atoms with van der Waals surface area (Å²) in [5.41, 5.74) is 11.2. The van der Waals surface area contributed by atoms with Gasteiger partial charge in [0.25, 0.3) is 0 Å². The molecule has 0 saturated carbocycles. The zero-order valence-electron chi connectivity index (χ0n) is 10.3. The van der Waals surface area contributed by atoms with Crippen LogP contribution in [0.1, 0.15) is 16.7 Å². The van der Waals surface area contributed by atoms with Crippen LogP contribution in [0.3, 0.4) is 0 Å². The summed E-state index contributed by atoms with van der Waals surface area (Å²) < 4.78 is 13.4. The van der Waals surface area contributed by atoms with Crippen molar-refractivity contribution < 1.29 is 4.39 Å². The monoisotopic (exact) mass is 242 g/mol. The van der Waals surface area contributed by atoms with Crippen molar-refractivity contribution >= 4 is 11.4 Å². The highest BCUT2D eigenvalue weighted by molar-refractivity contribution is 5.61. The Bertz CT molecular complexity index is 607. The van der Waals surface area contributed by atoms with Gasteiger partial charge in [-0.2, -0.15) is 0 Å². The molecule has 0 amide bonds. The molecule has 0 aromatic heterocycles. The molecule has 2 aromatic carbocycles. The summed E-state index contributed by atoms with van der Waals surface area (Å²) in [4.78, 5) is 2.17. The zero-order valence-corrected chi connectivity index (χ0v) is 10.3. The predicted octanol–water partition coefficient (Wildman–Crippen LogP) is 3.24. The van der Waals surface area contributed by atoms with Gasteiger partial charge in [0.1, 0.15) is 5.82 Å². The standard InChI is InChI=1S/C15H15FN2/c1-10-5-6-12(16)7-15(10)18-8-11-3-2-4-14(17)13(11)9-18/h2-7H,8-9,17H2,1H3. The highest BCUT2D eigenvalue weighted by Gasteiger charge is 2.22. The van der Waals surface area contributed by atoms with Gasteiger partial charge in [0.2, 0.25) is 0 Å². The summed E-state index contributed by atoms with van der Waals surface area (Å²) in [6.45, 7) is 3.55. The Morgan fingerprint density at radius 2 is 2.00 bits per heavy atom. The molecule has 0 fully saturated rings. The fourth-order valence-electron chi connectivity index (χ4n) is 2.54. The number of benzene rings is 2. The second-order valence-corrected chi connectivity index (χ2v) is 4.77. The smallest absolute Gasteiger partial charge is 0.125 e. The fourth-order valence-corrected chi connectivity index (χ4v) is 2.54. The highest BCUT2D eigenvalue weighted by Crippen LogP contribution is 2.33. The quantitative estimate of drug-likeness (QED) is 0.778. The number of nitrogen functional groups attached to an aromatic ring is 1. The van der Waals surface area contributed by atoms with Crippen LogP contribution >= 0.6 is 0 Å². The minimum Gasteiger partial charge on any atom is -0.398 e. The molecule has 0 spiro atoms. The number of anilines is 2. The average molecular weight is 242 g/mol. The van der Waals surface area contributed by atoms with Gasteiger partial charge >= 0.3 is 0 Å². The van der Waals surface area contributed by atoms with E-state index in [9.17, 15) is 4.39 Å². The molecule has 18 heavy (non-hydrogen) atoms. The van der Waals surface area contributed by atoms with Gasteiger partial charge in [-0.3, -0.25) is 0 Å². The largest absolute Gasteiger partial charge is 0.398 e. The molecule has 0 radical (unpaired) electrons. The van der Waals surface area contributed by atoms with Gasteiger partial charge in [0.05, 0.1) is 0 Å². The van der Waals surface area contributed by atoms with Gasteiger partial charge < -0.3 is 10.6 Å². The number of nitrogens with zero attached hydrogens (tertiary/aromatic N) is 1. The number of halogens is 1. The number of hydrogen-bond acceptors (Lipinski definition) is 2. The summed E-state index contributed by atoms with van der Waals surface area (Å²) in [6, 6.07) is 10.9. The van der Waals surface area contributed by atoms with Crippen LogP contribution in [0, 0.1) is 12.7 Å². The van der Waals surface area contributed by atoms with Crippen LogP contribution in [0.15, 0.2) is 36.4 Å². The van der Waals surface area contributed by atoms with Gasteiger partial charge in [-0.1, -0.05) is 18.2 Å². The van der Waals surface area contributed by atoms with Crippen molar-refractivity contribution in [3.63, 3.8) is 0 Å². The Labute approximate surface area is 106 Å². The highest BCUT2D eigenvalue weighted by atomic mass is 19.1. The first-order valence-corrected chi connectivity index (χ1v) is 6.02. The van der Waals surface area contributed by atoms with Crippen LogP contribution in [-0.2, 0) is 13.1 Å². The maximum absolute atomic E-state index is 13.4. The lowest BCUT2D eigenvalue weighted by Gasteiger charge is -2.20. The molecule has 0 unspecified atom stereocenters. The molecule has 92 valence electrons. The van der Waals surface area contributed by atoms with E-state index in [4.69, 9.17) is 5.73 Å². The lowest BCUT2D eigenvalue weighted by Crippen LogP contribution is -2.16. The molecule has 2 nitrogen and oxygen atoms in total. The van der Waals surface area contributed by atoms with Gasteiger partial charge in [0.15, 0.2) is 0 Å². The molecule has 0 bridgehead atoms. The van der Waals surface area contributed by atoms with Crippen molar-refractivity contribution in [1.82, 2.24) is 0 Å². The third-order valence-corrected chi connectivity index (χ3v) is 3.53. The van der Waals surface area contributed by atoms with Crippen LogP contribution in [-0.4, -0.2) is 0 Å². The third-order valence-electron chi connectivity index (χ3n) is 3.53. The second kappa shape index (κ2) is 4.02. The Kier molecular flexibility index (Phi) is 2.47. The lowest BCUT2D eigenvalue weighted by molar-refractivity contribution is 0.626. The predicted molar refractivity (Wildman–Crippen MR) is 71.9 cm³/mol. The van der Waals surface area contributed by atoms with Gasteiger partial charge in [-0.05, 0) is 41.8 Å². The summed E-state index contributed by atoms with van der Waals surface area (Å²) in [7, 11) is 0. The molecule has 3 heteroatoms. The molecule has 1 aliphatic rings. The summed E-state index contributed by atoms with van der Waals surface area (Å²) in [6.07, 6.45) is 0. The maximum Gasteiger partial charge on any atom is 0.125 e. The van der Waals surface area contributed by atoms with Crippen LogP contribution in [0.2, 0.25) is 0 Å². The fraction of sp³-hybridized carbons (Fsp3) is 0.200. The lowest BCUT2D eigenvalue weighted by atomic mass is 10.1. The van der Waals surface area contributed by atoms with Gasteiger partial charge in [-0.25, -0.2) is 4.39 Å². The Hall–Kier alpha value is -2.03. The molecule has 3 rings (SSSR count). The van der Waals surface area contributed by atoms with Gasteiger partial charge in [-0.15, -0.1) is 0 Å². The molecule has 1 aliphatic heterocycles. The van der Waals surface area contributed by atoms with E-state index in [1.165, 1.54) is 17.2 Å². The Morgan fingerprint density at radius 3 is 2.78 bits per heavy atom. The van der Waals surface area contributed by atoms with Crippen molar-refractivity contribution in [2.45, 2.75) is 20.0 Å². The molecule has 0 saturated heterocycles. The molecule has 0 aliphatic carbocycles. The minimum absolute atomic E-state index is 0.195. The molecule has 1 heterocycles. The SMILES string of the molecule is Cc1ccc(F)cc1N1Cc2cccc(N)c2C1. The van der Waals surface area contributed by atoms with Crippen LogP contribution < -0.4 is 10.6 Å². The van der Waals surface area contributed by atoms with E-state index in [2.05, 4.69) is 11.0 Å². The van der Waals surface area contributed by atoms with Crippen molar-refractivity contribution in [2.75, 3.05) is 10.6 Å². The van der Waals surface area contributed by atoms with Crippen molar-refractivity contribution in [3.8, 4) is 0 Å². The van der Waals surface area contributed by atoms with Gasteiger partial charge in [0, 0.05) is 24.5 Å².